The van der Waals surface area contributed by atoms with Gasteiger partial charge in [0, 0.05) is 18.8 Å². The van der Waals surface area contributed by atoms with Crippen molar-refractivity contribution in [2.75, 3.05) is 25.1 Å². The van der Waals surface area contributed by atoms with Gasteiger partial charge < -0.3 is 14.1 Å². The highest BCUT2D eigenvalue weighted by atomic mass is 32.2. The van der Waals surface area contributed by atoms with Crippen molar-refractivity contribution >= 4 is 44.6 Å². The Balaban J connectivity index is 1.63. The number of azo groups is 1. The first-order valence-electron chi connectivity index (χ1n) is 10.9. The lowest BCUT2D eigenvalue weighted by molar-refractivity contribution is 0.0600. The second kappa shape index (κ2) is 7.88. The van der Waals surface area contributed by atoms with Gasteiger partial charge in [-0.15, -0.1) is 5.11 Å². The van der Waals surface area contributed by atoms with Crippen LogP contribution in [0.15, 0.2) is 43.8 Å². The molecule has 0 spiro atoms. The number of ether oxygens (including phenoxy) is 1. The first-order valence-corrected chi connectivity index (χ1v) is 12.4. The third kappa shape index (κ3) is 3.74. The molecule has 1 aromatic heterocycles. The Kier molecular flexibility index (Phi) is 5.21. The summed E-state index contributed by atoms with van der Waals surface area (Å²) in [5.41, 5.74) is 3.35. The molecule has 0 bridgehead atoms. The van der Waals surface area contributed by atoms with Crippen LogP contribution in [-0.2, 0) is 26.7 Å². The van der Waals surface area contributed by atoms with Crippen LogP contribution in [0.25, 0.3) is 11.1 Å². The van der Waals surface area contributed by atoms with Gasteiger partial charge in [0.15, 0.2) is 5.58 Å². The summed E-state index contributed by atoms with van der Waals surface area (Å²) in [6.45, 7) is 5.90. The van der Waals surface area contributed by atoms with E-state index in [9.17, 15) is 17.8 Å². The molecule has 0 saturated heterocycles. The molecule has 0 aliphatic carbocycles. The minimum Gasteiger partial charge on any atom is -0.465 e. The number of carbonyl (C=O) groups is 1. The van der Waals surface area contributed by atoms with Gasteiger partial charge in [-0.05, 0) is 60.1 Å². The molecule has 2 aromatic carbocycles. The third-order valence-corrected chi connectivity index (χ3v) is 7.51. The number of carbonyl (C=O) groups excluding carboxylic acids is 1. The van der Waals surface area contributed by atoms with Crippen LogP contribution in [0.2, 0.25) is 0 Å². The van der Waals surface area contributed by atoms with E-state index < -0.39 is 16.1 Å². The van der Waals surface area contributed by atoms with Crippen LogP contribution >= 0.6 is 0 Å². The lowest BCUT2D eigenvalue weighted by Gasteiger charge is -2.44. The standard InChI is InChI=1S/C23H24N4O6S/c1-23(2)8-10-27-9-4-5-14-19(27)15(23)12-17(20(14)34(29,30)31)25-26-22-24-16-7-6-13(21(28)32-3)11-18(16)33-22/h6-7,11-12H,4-5,8-10H2,1-3H3,(H,29,30,31). The highest BCUT2D eigenvalue weighted by Gasteiger charge is 2.38. The Morgan fingerprint density at radius 1 is 1.24 bits per heavy atom. The number of anilines is 1. The molecular weight excluding hydrogens is 460 g/mol. The SMILES string of the molecule is COC(=O)c1ccc2nc(N=Nc3cc4c5c(c3S(=O)(=O)O)CCCN5CCC4(C)C)oc2c1. The number of benzene rings is 2. The second-order valence-corrected chi connectivity index (χ2v) is 10.5. The normalized spacial score (nSPS) is 17.2. The van der Waals surface area contributed by atoms with E-state index in [1.165, 1.54) is 13.2 Å². The Hall–Kier alpha value is -3.31. The summed E-state index contributed by atoms with van der Waals surface area (Å²) in [6, 6.07) is 6.22. The minimum absolute atomic E-state index is 0.0468. The van der Waals surface area contributed by atoms with Gasteiger partial charge in [0.25, 0.3) is 10.1 Å². The summed E-state index contributed by atoms with van der Waals surface area (Å²) >= 11 is 0. The molecule has 0 atom stereocenters. The van der Waals surface area contributed by atoms with E-state index in [4.69, 9.17) is 9.15 Å². The van der Waals surface area contributed by atoms with Crippen LogP contribution in [0, 0.1) is 0 Å². The number of esters is 1. The smallest absolute Gasteiger partial charge is 0.341 e. The predicted octanol–water partition coefficient (Wildman–Crippen LogP) is 4.71. The van der Waals surface area contributed by atoms with Gasteiger partial charge in [-0.1, -0.05) is 19.0 Å². The number of fused-ring (bicyclic) bond motifs is 1. The molecule has 2 aliphatic rings. The molecule has 1 N–H and O–H groups in total. The summed E-state index contributed by atoms with van der Waals surface area (Å²) in [6.07, 6.45) is 2.21. The zero-order valence-corrected chi connectivity index (χ0v) is 19.8. The summed E-state index contributed by atoms with van der Waals surface area (Å²) in [5.74, 6) is -0.515. The van der Waals surface area contributed by atoms with Crippen molar-refractivity contribution in [1.29, 1.82) is 0 Å². The summed E-state index contributed by atoms with van der Waals surface area (Å²) < 4.78 is 45.3. The van der Waals surface area contributed by atoms with Crippen LogP contribution in [0.3, 0.4) is 0 Å². The van der Waals surface area contributed by atoms with Crippen molar-refractivity contribution in [2.24, 2.45) is 10.2 Å². The van der Waals surface area contributed by atoms with Gasteiger partial charge in [0.05, 0.1) is 12.7 Å². The van der Waals surface area contributed by atoms with Crippen molar-refractivity contribution in [3.8, 4) is 0 Å². The fourth-order valence-electron chi connectivity index (χ4n) is 4.79. The number of aromatic nitrogens is 1. The van der Waals surface area contributed by atoms with E-state index in [2.05, 4.69) is 34.0 Å². The van der Waals surface area contributed by atoms with Gasteiger partial charge in [-0.3, -0.25) is 4.55 Å². The number of methoxy groups -OCH3 is 1. The van der Waals surface area contributed by atoms with E-state index in [1.807, 2.05) is 0 Å². The van der Waals surface area contributed by atoms with Gasteiger partial charge in [0.1, 0.15) is 16.1 Å². The molecule has 3 aromatic rings. The van der Waals surface area contributed by atoms with Crippen LogP contribution in [0.4, 0.5) is 17.4 Å². The molecule has 11 heteroatoms. The van der Waals surface area contributed by atoms with E-state index in [-0.39, 0.29) is 22.0 Å². The van der Waals surface area contributed by atoms with Crippen LogP contribution in [-0.4, -0.2) is 44.1 Å². The Bertz CT molecular complexity index is 1460. The molecule has 0 unspecified atom stereocenters. The number of oxazole rings is 1. The largest absolute Gasteiger partial charge is 0.465 e. The Labute approximate surface area is 196 Å². The molecule has 5 rings (SSSR count). The number of rotatable bonds is 4. The Morgan fingerprint density at radius 3 is 2.76 bits per heavy atom. The monoisotopic (exact) mass is 484 g/mol. The van der Waals surface area contributed by atoms with Crippen molar-refractivity contribution in [2.45, 2.75) is 43.4 Å². The Morgan fingerprint density at radius 2 is 2.03 bits per heavy atom. The number of nitrogens with zero attached hydrogens (tertiary/aromatic N) is 4. The number of hydrogen-bond donors (Lipinski definition) is 1. The van der Waals surface area contributed by atoms with Crippen molar-refractivity contribution in [3.05, 3.63) is 41.0 Å². The molecular formula is C23H24N4O6S. The predicted molar refractivity (Wildman–Crippen MR) is 124 cm³/mol. The average Bonchev–Trinajstić information content (AvgIpc) is 3.20. The maximum atomic E-state index is 12.4. The fraction of sp³-hybridized carbons (Fsp3) is 0.391. The van der Waals surface area contributed by atoms with Crippen molar-refractivity contribution in [3.63, 3.8) is 0 Å². The molecule has 0 fully saturated rings. The molecule has 0 amide bonds. The zero-order valence-electron chi connectivity index (χ0n) is 19.0. The lowest BCUT2D eigenvalue weighted by Crippen LogP contribution is -2.41. The summed E-state index contributed by atoms with van der Waals surface area (Å²) in [4.78, 5) is 18.0. The third-order valence-electron chi connectivity index (χ3n) is 6.54. The van der Waals surface area contributed by atoms with Crippen molar-refractivity contribution in [1.82, 2.24) is 4.98 Å². The van der Waals surface area contributed by atoms with Gasteiger partial charge in [-0.25, -0.2) is 4.79 Å². The van der Waals surface area contributed by atoms with Gasteiger partial charge >= 0.3 is 12.0 Å². The quantitative estimate of drug-likeness (QED) is 0.320. The maximum absolute atomic E-state index is 12.4. The highest BCUT2D eigenvalue weighted by Crippen LogP contribution is 2.49. The first kappa shape index (κ1) is 22.5. The van der Waals surface area contributed by atoms with Gasteiger partial charge in [-0.2, -0.15) is 13.4 Å². The molecule has 3 heterocycles. The van der Waals surface area contributed by atoms with E-state index >= 15 is 0 Å². The van der Waals surface area contributed by atoms with Gasteiger partial charge in [0.2, 0.25) is 0 Å². The molecule has 2 aliphatic heterocycles. The highest BCUT2D eigenvalue weighted by molar-refractivity contribution is 7.86. The van der Waals surface area contributed by atoms with Crippen LogP contribution in [0.5, 0.6) is 0 Å². The fourth-order valence-corrected chi connectivity index (χ4v) is 5.67. The molecule has 34 heavy (non-hydrogen) atoms. The maximum Gasteiger partial charge on any atom is 0.341 e. The van der Waals surface area contributed by atoms with Crippen LogP contribution in [0.1, 0.15) is 48.2 Å². The molecule has 10 nitrogen and oxygen atoms in total. The molecule has 178 valence electrons. The van der Waals surface area contributed by atoms with E-state index in [1.54, 1.807) is 18.2 Å². The minimum atomic E-state index is -4.57. The lowest BCUT2D eigenvalue weighted by atomic mass is 9.75. The number of hydrogen-bond acceptors (Lipinski definition) is 9. The summed E-state index contributed by atoms with van der Waals surface area (Å²) in [7, 11) is -3.28. The summed E-state index contributed by atoms with van der Waals surface area (Å²) in [5, 5.41) is 8.20. The first-order chi connectivity index (χ1) is 16.1. The van der Waals surface area contributed by atoms with E-state index in [0.717, 1.165) is 37.2 Å². The van der Waals surface area contributed by atoms with Crippen LogP contribution < -0.4 is 4.90 Å². The topological polar surface area (TPSA) is 135 Å². The second-order valence-electron chi connectivity index (χ2n) is 9.17. The average molecular weight is 485 g/mol. The van der Waals surface area contributed by atoms with Crippen molar-refractivity contribution < 1.29 is 26.9 Å². The molecule has 0 radical (unpaired) electrons. The molecule has 0 saturated carbocycles. The zero-order chi connectivity index (χ0) is 24.3. The van der Waals surface area contributed by atoms with E-state index in [0.29, 0.717) is 28.6 Å².